The summed E-state index contributed by atoms with van der Waals surface area (Å²) in [6.07, 6.45) is 6.77. The largest absolute Gasteiger partial charge is 0.349 e. The summed E-state index contributed by atoms with van der Waals surface area (Å²) >= 11 is 0. The summed E-state index contributed by atoms with van der Waals surface area (Å²) in [6, 6.07) is 15.7. The van der Waals surface area contributed by atoms with Crippen molar-refractivity contribution in [1.29, 1.82) is 5.26 Å². The van der Waals surface area contributed by atoms with Crippen molar-refractivity contribution < 1.29 is 9.18 Å². The summed E-state index contributed by atoms with van der Waals surface area (Å²) in [5.74, 6) is 0.491. The normalized spacial score (nSPS) is 19.5. The zero-order valence-corrected chi connectivity index (χ0v) is 17.6. The molecule has 1 amide bonds. The highest BCUT2D eigenvalue weighted by atomic mass is 19.1. The number of carbonyl (C=O) groups excluding carboxylic acids is 1. The summed E-state index contributed by atoms with van der Waals surface area (Å²) < 4.78 is 13.8. The van der Waals surface area contributed by atoms with Gasteiger partial charge in [0.15, 0.2) is 0 Å². The number of nitrogens with zero attached hydrogens (tertiary/aromatic N) is 2. The molecule has 1 fully saturated rings. The Morgan fingerprint density at radius 3 is 2.58 bits per heavy atom. The zero-order chi connectivity index (χ0) is 21.8. The first-order valence-electron chi connectivity index (χ1n) is 10.9. The molecule has 31 heavy (non-hydrogen) atoms. The lowest BCUT2D eigenvalue weighted by Crippen LogP contribution is -2.41. The highest BCUT2D eigenvalue weighted by molar-refractivity contribution is 5.94. The molecule has 1 N–H and O–H groups in total. The molecule has 0 spiro atoms. The fourth-order valence-corrected chi connectivity index (χ4v) is 4.83. The smallest absolute Gasteiger partial charge is 0.251 e. The third kappa shape index (κ3) is 4.59. The molecule has 1 saturated carbocycles. The third-order valence-corrected chi connectivity index (χ3v) is 6.55. The predicted molar refractivity (Wildman–Crippen MR) is 119 cm³/mol. The molecule has 1 atom stereocenters. The van der Waals surface area contributed by atoms with Crippen LogP contribution < -0.4 is 5.32 Å². The van der Waals surface area contributed by atoms with Gasteiger partial charge < -0.3 is 5.32 Å². The van der Waals surface area contributed by atoms with Crippen LogP contribution in [-0.4, -0.2) is 16.9 Å². The van der Waals surface area contributed by atoms with Crippen LogP contribution in [0.2, 0.25) is 0 Å². The summed E-state index contributed by atoms with van der Waals surface area (Å²) in [5.41, 5.74) is 3.14. The van der Waals surface area contributed by atoms with E-state index in [0.29, 0.717) is 23.0 Å². The molecular formula is C26H26FN3O. The molecule has 0 unspecified atom stereocenters. The number of fused-ring (bicyclic) bond motifs is 1. The quantitative estimate of drug-likeness (QED) is 0.579. The summed E-state index contributed by atoms with van der Waals surface area (Å²) in [5, 5.41) is 13.0. The van der Waals surface area contributed by atoms with Crippen LogP contribution in [0.1, 0.15) is 66.4 Å². The van der Waals surface area contributed by atoms with E-state index < -0.39 is 0 Å². The van der Waals surface area contributed by atoms with Crippen LogP contribution >= 0.6 is 0 Å². The van der Waals surface area contributed by atoms with Crippen LogP contribution in [-0.2, 0) is 0 Å². The number of nitrogens with one attached hydrogen (secondary N) is 1. The van der Waals surface area contributed by atoms with Gasteiger partial charge in [0.05, 0.1) is 17.1 Å². The van der Waals surface area contributed by atoms with Crippen molar-refractivity contribution in [2.24, 2.45) is 5.92 Å². The van der Waals surface area contributed by atoms with Crippen LogP contribution in [0, 0.1) is 23.1 Å². The van der Waals surface area contributed by atoms with Gasteiger partial charge in [0, 0.05) is 23.2 Å². The number of halogens is 1. The lowest BCUT2D eigenvalue weighted by Gasteiger charge is -2.34. The Hall–Kier alpha value is -3.26. The first-order chi connectivity index (χ1) is 15.1. The lowest BCUT2D eigenvalue weighted by molar-refractivity contribution is 0.0909. The van der Waals surface area contributed by atoms with E-state index >= 15 is 0 Å². The van der Waals surface area contributed by atoms with Crippen molar-refractivity contribution in [3.05, 3.63) is 77.2 Å². The third-order valence-electron chi connectivity index (χ3n) is 6.55. The minimum Gasteiger partial charge on any atom is -0.349 e. The minimum absolute atomic E-state index is 0.0888. The Labute approximate surface area is 182 Å². The van der Waals surface area contributed by atoms with E-state index in [-0.39, 0.29) is 17.8 Å². The maximum Gasteiger partial charge on any atom is 0.251 e. The average Bonchev–Trinajstić information content (AvgIpc) is 2.82. The van der Waals surface area contributed by atoms with Crippen LogP contribution in [0.15, 0.2) is 54.7 Å². The molecule has 1 aromatic heterocycles. The molecular weight excluding hydrogens is 389 g/mol. The van der Waals surface area contributed by atoms with E-state index in [4.69, 9.17) is 5.26 Å². The second-order valence-corrected chi connectivity index (χ2v) is 8.35. The number of hydrogen-bond donors (Lipinski definition) is 1. The van der Waals surface area contributed by atoms with Gasteiger partial charge in [-0.1, -0.05) is 6.92 Å². The molecule has 158 valence electrons. The van der Waals surface area contributed by atoms with Gasteiger partial charge in [-0.15, -0.1) is 0 Å². The van der Waals surface area contributed by atoms with E-state index in [2.05, 4.69) is 23.3 Å². The van der Waals surface area contributed by atoms with Gasteiger partial charge in [-0.05, 0) is 98.0 Å². The van der Waals surface area contributed by atoms with Crippen LogP contribution in [0.5, 0.6) is 0 Å². The highest BCUT2D eigenvalue weighted by Gasteiger charge is 2.29. The molecule has 2 aromatic carbocycles. The molecule has 1 aliphatic carbocycles. The van der Waals surface area contributed by atoms with Crippen molar-refractivity contribution >= 4 is 16.8 Å². The number of rotatable bonds is 5. The summed E-state index contributed by atoms with van der Waals surface area (Å²) in [4.78, 5) is 17.1. The first kappa shape index (κ1) is 21.0. The minimum atomic E-state index is -0.230. The molecule has 3 aromatic rings. The Bertz CT molecular complexity index is 1110. The molecule has 0 saturated heterocycles. The van der Waals surface area contributed by atoms with Gasteiger partial charge in [-0.25, -0.2) is 4.39 Å². The maximum absolute atomic E-state index is 13.8. The van der Waals surface area contributed by atoms with Gasteiger partial charge in [-0.3, -0.25) is 9.78 Å². The van der Waals surface area contributed by atoms with Crippen LogP contribution in [0.25, 0.3) is 10.9 Å². The number of carbonyl (C=O) groups is 1. The van der Waals surface area contributed by atoms with Gasteiger partial charge in [0.1, 0.15) is 5.82 Å². The topological polar surface area (TPSA) is 65.8 Å². The van der Waals surface area contributed by atoms with Gasteiger partial charge in [0.2, 0.25) is 0 Å². The second-order valence-electron chi connectivity index (χ2n) is 8.35. The molecule has 1 heterocycles. The molecule has 0 bridgehead atoms. The predicted octanol–water partition coefficient (Wildman–Crippen LogP) is 5.73. The standard InChI is InChI=1S/C26H26FN3O/c1-2-24(30-26(31)20-5-3-17(16-28)4-6-20)19-9-7-18(8-10-19)22-13-14-29-25-12-11-21(27)15-23(22)25/h3-6,11-15,18-19,24H,2,7-10H2,1H3,(H,30,31)/t18-,19-,24-/m0/s1. The Morgan fingerprint density at radius 2 is 1.90 bits per heavy atom. The van der Waals surface area contributed by atoms with Crippen molar-refractivity contribution in [3.8, 4) is 6.07 Å². The Morgan fingerprint density at radius 1 is 1.16 bits per heavy atom. The number of benzene rings is 2. The van der Waals surface area contributed by atoms with Gasteiger partial charge in [-0.2, -0.15) is 5.26 Å². The van der Waals surface area contributed by atoms with Crippen LogP contribution in [0.4, 0.5) is 4.39 Å². The molecule has 5 heteroatoms. The van der Waals surface area contributed by atoms with E-state index in [1.807, 2.05) is 12.3 Å². The highest BCUT2D eigenvalue weighted by Crippen LogP contribution is 2.39. The fourth-order valence-electron chi connectivity index (χ4n) is 4.83. The van der Waals surface area contributed by atoms with Crippen molar-refractivity contribution in [2.45, 2.75) is 51.0 Å². The van der Waals surface area contributed by atoms with E-state index in [1.54, 1.807) is 36.4 Å². The number of aromatic nitrogens is 1. The SMILES string of the molecule is CC[C@H](NC(=O)c1ccc(C#N)cc1)[C@H]1CC[C@H](c2ccnc3ccc(F)cc32)CC1. The number of amides is 1. The monoisotopic (exact) mass is 415 g/mol. The Balaban J connectivity index is 1.42. The fraction of sp³-hybridized carbons (Fsp3) is 0.346. The van der Waals surface area contributed by atoms with Crippen LogP contribution in [0.3, 0.4) is 0 Å². The summed E-state index contributed by atoms with van der Waals surface area (Å²) in [6.45, 7) is 2.11. The lowest BCUT2D eigenvalue weighted by atomic mass is 9.75. The van der Waals surface area contributed by atoms with Crippen molar-refractivity contribution in [1.82, 2.24) is 10.3 Å². The molecule has 1 aliphatic rings. The number of pyridine rings is 1. The first-order valence-corrected chi connectivity index (χ1v) is 10.9. The van der Waals surface area contributed by atoms with Gasteiger partial charge in [0.25, 0.3) is 5.91 Å². The van der Waals surface area contributed by atoms with Gasteiger partial charge >= 0.3 is 0 Å². The average molecular weight is 416 g/mol. The molecule has 4 rings (SSSR count). The summed E-state index contributed by atoms with van der Waals surface area (Å²) in [7, 11) is 0. The van der Waals surface area contributed by atoms with E-state index in [9.17, 15) is 9.18 Å². The molecule has 0 aliphatic heterocycles. The van der Waals surface area contributed by atoms with Crippen molar-refractivity contribution in [2.75, 3.05) is 0 Å². The maximum atomic E-state index is 13.8. The molecule has 4 nitrogen and oxygen atoms in total. The van der Waals surface area contributed by atoms with E-state index in [1.165, 1.54) is 11.6 Å². The second kappa shape index (κ2) is 9.26. The van der Waals surface area contributed by atoms with E-state index in [0.717, 1.165) is 43.0 Å². The number of hydrogen-bond acceptors (Lipinski definition) is 3. The Kier molecular flexibility index (Phi) is 6.27. The zero-order valence-electron chi connectivity index (χ0n) is 17.6. The van der Waals surface area contributed by atoms with Crippen molar-refractivity contribution in [3.63, 3.8) is 0 Å². The molecule has 0 radical (unpaired) electrons. The number of nitriles is 1.